The number of methoxy groups -OCH3 is 1. The Labute approximate surface area is 121 Å². The zero-order valence-electron chi connectivity index (χ0n) is 11.4. The third kappa shape index (κ3) is 3.70. The van der Waals surface area contributed by atoms with Crippen LogP contribution >= 0.6 is 0 Å². The second-order valence-electron chi connectivity index (χ2n) is 4.34. The van der Waals surface area contributed by atoms with Crippen molar-refractivity contribution < 1.29 is 9.66 Å². The fourth-order valence-corrected chi connectivity index (χ4v) is 1.84. The first kappa shape index (κ1) is 14.3. The third-order valence-electron chi connectivity index (χ3n) is 2.91. The van der Waals surface area contributed by atoms with Crippen molar-refractivity contribution in [2.75, 3.05) is 12.4 Å². The van der Waals surface area contributed by atoms with Gasteiger partial charge in [0.2, 0.25) is 0 Å². The molecule has 2 aromatic carbocycles. The fourth-order valence-electron chi connectivity index (χ4n) is 1.84. The number of rotatable bonds is 5. The van der Waals surface area contributed by atoms with Gasteiger partial charge in [0.25, 0.3) is 5.69 Å². The Hall–Kier alpha value is -3.07. The summed E-state index contributed by atoms with van der Waals surface area (Å²) in [5.74, 6) is 0.445. The largest absolute Gasteiger partial charge is 0.496 e. The number of nitro benzene ring substituents is 1. The van der Waals surface area contributed by atoms with Crippen LogP contribution in [0.3, 0.4) is 0 Å². The van der Waals surface area contributed by atoms with Crippen molar-refractivity contribution in [2.45, 2.75) is 6.54 Å². The van der Waals surface area contributed by atoms with Gasteiger partial charge in [0.05, 0.1) is 29.7 Å². The van der Waals surface area contributed by atoms with Gasteiger partial charge in [0.15, 0.2) is 0 Å². The minimum atomic E-state index is -0.451. The standard InChI is InChI=1S/C15H13N3O3/c1-21-15-7-12(6-14(8-15)18(19)20)10-17-13-4-2-11(9-16)3-5-13/h2-8,17H,10H2,1H3. The van der Waals surface area contributed by atoms with E-state index in [-0.39, 0.29) is 5.69 Å². The minimum absolute atomic E-state index is 0.00835. The Morgan fingerprint density at radius 2 is 2.00 bits per heavy atom. The van der Waals surface area contributed by atoms with Crippen LogP contribution < -0.4 is 10.1 Å². The maximum Gasteiger partial charge on any atom is 0.273 e. The van der Waals surface area contributed by atoms with Crippen LogP contribution in [0.25, 0.3) is 0 Å². The Morgan fingerprint density at radius 1 is 1.29 bits per heavy atom. The highest BCUT2D eigenvalue weighted by Gasteiger charge is 2.10. The first-order chi connectivity index (χ1) is 10.1. The highest BCUT2D eigenvalue weighted by atomic mass is 16.6. The van der Waals surface area contributed by atoms with E-state index in [4.69, 9.17) is 10.00 Å². The van der Waals surface area contributed by atoms with Crippen molar-refractivity contribution in [3.05, 3.63) is 63.7 Å². The molecular weight excluding hydrogens is 270 g/mol. The van der Waals surface area contributed by atoms with Gasteiger partial charge in [0, 0.05) is 18.3 Å². The third-order valence-corrected chi connectivity index (χ3v) is 2.91. The lowest BCUT2D eigenvalue weighted by Gasteiger charge is -2.08. The van der Waals surface area contributed by atoms with Crippen molar-refractivity contribution in [2.24, 2.45) is 0 Å². The molecule has 0 unspecified atom stereocenters. The van der Waals surface area contributed by atoms with Crippen LogP contribution in [0.2, 0.25) is 0 Å². The summed E-state index contributed by atoms with van der Waals surface area (Å²) in [5.41, 5.74) is 2.15. The molecule has 0 aromatic heterocycles. The second kappa shape index (κ2) is 6.39. The minimum Gasteiger partial charge on any atom is -0.496 e. The molecule has 2 rings (SSSR count). The highest BCUT2D eigenvalue weighted by molar-refractivity contribution is 5.49. The van der Waals surface area contributed by atoms with E-state index < -0.39 is 4.92 Å². The van der Waals surface area contributed by atoms with Gasteiger partial charge in [-0.05, 0) is 35.9 Å². The van der Waals surface area contributed by atoms with Crippen LogP contribution in [0.1, 0.15) is 11.1 Å². The van der Waals surface area contributed by atoms with Crippen LogP contribution in [0.5, 0.6) is 5.75 Å². The molecule has 0 aliphatic heterocycles. The molecule has 0 saturated heterocycles. The van der Waals surface area contributed by atoms with Crippen LogP contribution in [0, 0.1) is 21.4 Å². The van der Waals surface area contributed by atoms with E-state index in [1.165, 1.54) is 19.2 Å². The predicted octanol–water partition coefficient (Wildman–Crippen LogP) is 3.09. The van der Waals surface area contributed by atoms with Gasteiger partial charge in [-0.2, -0.15) is 5.26 Å². The molecule has 0 aliphatic rings. The van der Waals surface area contributed by atoms with Gasteiger partial charge in [-0.1, -0.05) is 0 Å². The van der Waals surface area contributed by atoms with E-state index in [0.717, 1.165) is 11.3 Å². The second-order valence-corrected chi connectivity index (χ2v) is 4.34. The molecule has 0 heterocycles. The summed E-state index contributed by atoms with van der Waals surface area (Å²) in [6, 6.07) is 13.6. The maximum atomic E-state index is 10.9. The first-order valence-corrected chi connectivity index (χ1v) is 6.19. The van der Waals surface area contributed by atoms with Gasteiger partial charge in [-0.25, -0.2) is 0 Å². The molecule has 21 heavy (non-hydrogen) atoms. The number of hydrogen-bond acceptors (Lipinski definition) is 5. The average molecular weight is 283 g/mol. The van der Waals surface area contributed by atoms with Gasteiger partial charge in [0.1, 0.15) is 5.75 Å². The van der Waals surface area contributed by atoms with E-state index >= 15 is 0 Å². The molecule has 0 fully saturated rings. The van der Waals surface area contributed by atoms with Crippen molar-refractivity contribution in [3.63, 3.8) is 0 Å². The number of nitriles is 1. The molecule has 6 heteroatoms. The molecule has 0 radical (unpaired) electrons. The molecule has 2 aromatic rings. The molecule has 0 amide bonds. The summed E-state index contributed by atoms with van der Waals surface area (Å²) in [6.45, 7) is 0.421. The normalized spacial score (nSPS) is 9.71. The Balaban J connectivity index is 2.13. The number of anilines is 1. The van der Waals surface area contributed by atoms with E-state index in [0.29, 0.717) is 17.9 Å². The van der Waals surface area contributed by atoms with Gasteiger partial charge in [-0.3, -0.25) is 10.1 Å². The van der Waals surface area contributed by atoms with E-state index in [1.807, 2.05) is 6.07 Å². The highest BCUT2D eigenvalue weighted by Crippen LogP contribution is 2.23. The van der Waals surface area contributed by atoms with Crippen LogP contribution in [-0.2, 0) is 6.54 Å². The maximum absolute atomic E-state index is 10.9. The van der Waals surface area contributed by atoms with E-state index in [2.05, 4.69) is 5.32 Å². The molecule has 0 spiro atoms. The zero-order valence-corrected chi connectivity index (χ0v) is 11.4. The Morgan fingerprint density at radius 3 is 2.57 bits per heavy atom. The smallest absolute Gasteiger partial charge is 0.273 e. The van der Waals surface area contributed by atoms with Crippen molar-refractivity contribution in [3.8, 4) is 11.8 Å². The Kier molecular flexibility index (Phi) is 4.36. The monoisotopic (exact) mass is 283 g/mol. The van der Waals surface area contributed by atoms with Gasteiger partial charge in [-0.15, -0.1) is 0 Å². The number of hydrogen-bond donors (Lipinski definition) is 1. The number of nitro groups is 1. The van der Waals surface area contributed by atoms with E-state index in [1.54, 1.807) is 30.3 Å². The van der Waals surface area contributed by atoms with Crippen LogP contribution in [0.4, 0.5) is 11.4 Å². The van der Waals surface area contributed by atoms with E-state index in [9.17, 15) is 10.1 Å². The summed E-state index contributed by atoms with van der Waals surface area (Å²) in [4.78, 5) is 10.4. The summed E-state index contributed by atoms with van der Waals surface area (Å²) < 4.78 is 5.06. The fraction of sp³-hybridized carbons (Fsp3) is 0.133. The van der Waals surface area contributed by atoms with Gasteiger partial charge >= 0.3 is 0 Å². The lowest BCUT2D eigenvalue weighted by Crippen LogP contribution is -2.01. The average Bonchev–Trinajstić information content (AvgIpc) is 2.53. The summed E-state index contributed by atoms with van der Waals surface area (Å²) in [7, 11) is 1.47. The number of nitrogens with zero attached hydrogens (tertiary/aromatic N) is 2. The lowest BCUT2D eigenvalue weighted by molar-refractivity contribution is -0.385. The summed E-state index contributed by atoms with van der Waals surface area (Å²) >= 11 is 0. The molecule has 0 saturated carbocycles. The molecule has 1 N–H and O–H groups in total. The number of non-ortho nitro benzene ring substituents is 1. The number of ether oxygens (including phenoxy) is 1. The molecule has 106 valence electrons. The van der Waals surface area contributed by atoms with Crippen molar-refractivity contribution in [1.29, 1.82) is 5.26 Å². The lowest BCUT2D eigenvalue weighted by atomic mass is 10.1. The summed E-state index contributed by atoms with van der Waals surface area (Å²) in [5, 5.41) is 22.7. The topological polar surface area (TPSA) is 88.2 Å². The first-order valence-electron chi connectivity index (χ1n) is 6.19. The van der Waals surface area contributed by atoms with Crippen LogP contribution in [0.15, 0.2) is 42.5 Å². The SMILES string of the molecule is COc1cc(CNc2ccc(C#N)cc2)cc([N+](=O)[O-])c1. The zero-order chi connectivity index (χ0) is 15.2. The summed E-state index contributed by atoms with van der Waals surface area (Å²) in [6.07, 6.45) is 0. The van der Waals surface area contributed by atoms with Crippen molar-refractivity contribution >= 4 is 11.4 Å². The number of nitrogens with one attached hydrogen (secondary N) is 1. The molecule has 0 bridgehead atoms. The molecule has 0 aliphatic carbocycles. The number of benzene rings is 2. The Bertz CT molecular complexity index is 690. The molecule has 6 nitrogen and oxygen atoms in total. The molecular formula is C15H13N3O3. The van der Waals surface area contributed by atoms with Gasteiger partial charge < -0.3 is 10.1 Å². The van der Waals surface area contributed by atoms with Crippen LogP contribution in [-0.4, -0.2) is 12.0 Å². The quantitative estimate of drug-likeness (QED) is 0.673. The van der Waals surface area contributed by atoms with Crippen molar-refractivity contribution in [1.82, 2.24) is 0 Å². The predicted molar refractivity (Wildman–Crippen MR) is 78.1 cm³/mol. The molecule has 0 atom stereocenters.